The molecule has 3 rings (SSSR count). The van der Waals surface area contributed by atoms with E-state index >= 15 is 0 Å². The molecule has 0 bridgehead atoms. The van der Waals surface area contributed by atoms with Crippen molar-refractivity contribution in [2.45, 2.75) is 13.5 Å². The molecule has 0 aliphatic rings. The van der Waals surface area contributed by atoms with Crippen LogP contribution < -0.4 is 10.5 Å². The Morgan fingerprint density at radius 1 is 1.10 bits per heavy atom. The Bertz CT molecular complexity index is 735. The van der Waals surface area contributed by atoms with Crippen LogP contribution in [-0.4, -0.2) is 4.98 Å². The van der Waals surface area contributed by atoms with Crippen LogP contribution in [-0.2, 0) is 6.61 Å². The van der Waals surface area contributed by atoms with E-state index in [2.05, 4.69) is 36.2 Å². The molecular formula is C17H16N2OS. The third kappa shape index (κ3) is 3.23. The third-order valence-corrected chi connectivity index (χ3v) is 4.09. The van der Waals surface area contributed by atoms with Gasteiger partial charge in [0.1, 0.15) is 17.4 Å². The normalized spacial score (nSPS) is 10.5. The maximum absolute atomic E-state index is 5.85. The molecule has 106 valence electrons. The van der Waals surface area contributed by atoms with E-state index in [4.69, 9.17) is 10.5 Å². The number of aromatic nitrogens is 1. The van der Waals surface area contributed by atoms with Crippen LogP contribution >= 0.6 is 11.3 Å². The van der Waals surface area contributed by atoms with Gasteiger partial charge < -0.3 is 10.5 Å². The zero-order valence-corrected chi connectivity index (χ0v) is 12.6. The number of anilines is 1. The predicted octanol–water partition coefficient (Wildman–Crippen LogP) is 4.28. The second-order valence-electron chi connectivity index (χ2n) is 4.84. The van der Waals surface area contributed by atoms with Gasteiger partial charge in [-0.05, 0) is 19.1 Å². The molecule has 0 radical (unpaired) electrons. The Morgan fingerprint density at radius 3 is 2.62 bits per heavy atom. The summed E-state index contributed by atoms with van der Waals surface area (Å²) in [5.74, 6) is 0.697. The maximum Gasteiger partial charge on any atom is 0.142 e. The largest absolute Gasteiger partial charge is 0.485 e. The molecule has 3 aromatic rings. The molecule has 0 amide bonds. The molecule has 3 nitrogen and oxygen atoms in total. The first kappa shape index (κ1) is 13.6. The van der Waals surface area contributed by atoms with E-state index in [1.807, 2.05) is 29.6 Å². The van der Waals surface area contributed by atoms with Crippen molar-refractivity contribution in [1.82, 2.24) is 4.98 Å². The topological polar surface area (TPSA) is 48.1 Å². The van der Waals surface area contributed by atoms with E-state index in [1.165, 1.54) is 5.56 Å². The van der Waals surface area contributed by atoms with Crippen molar-refractivity contribution >= 4 is 17.0 Å². The predicted molar refractivity (Wildman–Crippen MR) is 87.5 cm³/mol. The first-order chi connectivity index (χ1) is 10.2. The number of para-hydroxylation sites is 2. The van der Waals surface area contributed by atoms with E-state index in [1.54, 1.807) is 11.3 Å². The van der Waals surface area contributed by atoms with Crippen LogP contribution in [0.2, 0.25) is 0 Å². The molecule has 0 unspecified atom stereocenters. The van der Waals surface area contributed by atoms with Crippen LogP contribution in [0.25, 0.3) is 10.6 Å². The van der Waals surface area contributed by atoms with E-state index in [0.717, 1.165) is 16.3 Å². The van der Waals surface area contributed by atoms with Gasteiger partial charge in [0.05, 0.1) is 11.4 Å². The van der Waals surface area contributed by atoms with Crippen LogP contribution in [0, 0.1) is 6.92 Å². The summed E-state index contributed by atoms with van der Waals surface area (Å²) in [5.41, 5.74) is 9.80. The Hall–Kier alpha value is -2.33. The van der Waals surface area contributed by atoms with Crippen molar-refractivity contribution in [3.05, 3.63) is 65.2 Å². The van der Waals surface area contributed by atoms with Gasteiger partial charge >= 0.3 is 0 Å². The number of hydrogen-bond acceptors (Lipinski definition) is 4. The van der Waals surface area contributed by atoms with Gasteiger partial charge in [0.25, 0.3) is 0 Å². The molecule has 21 heavy (non-hydrogen) atoms. The second kappa shape index (κ2) is 5.97. The molecule has 0 saturated carbocycles. The number of nitrogen functional groups attached to an aromatic ring is 1. The van der Waals surface area contributed by atoms with Crippen LogP contribution in [0.3, 0.4) is 0 Å². The summed E-state index contributed by atoms with van der Waals surface area (Å²) in [6, 6.07) is 15.9. The minimum atomic E-state index is 0.427. The number of aryl methyl sites for hydroxylation is 1. The fourth-order valence-electron chi connectivity index (χ4n) is 1.97. The Morgan fingerprint density at radius 2 is 1.86 bits per heavy atom. The van der Waals surface area contributed by atoms with E-state index in [9.17, 15) is 0 Å². The summed E-state index contributed by atoms with van der Waals surface area (Å²) < 4.78 is 5.71. The van der Waals surface area contributed by atoms with Crippen LogP contribution in [0.15, 0.2) is 53.9 Å². The van der Waals surface area contributed by atoms with Crippen molar-refractivity contribution in [2.75, 3.05) is 5.73 Å². The number of nitrogens with zero attached hydrogens (tertiary/aromatic N) is 1. The van der Waals surface area contributed by atoms with E-state index < -0.39 is 0 Å². The van der Waals surface area contributed by atoms with Crippen molar-refractivity contribution in [3.8, 4) is 16.3 Å². The molecule has 0 fully saturated rings. The Balaban J connectivity index is 1.71. The van der Waals surface area contributed by atoms with E-state index in [-0.39, 0.29) is 0 Å². The second-order valence-corrected chi connectivity index (χ2v) is 5.69. The van der Waals surface area contributed by atoms with Gasteiger partial charge in [-0.15, -0.1) is 11.3 Å². The van der Waals surface area contributed by atoms with Gasteiger partial charge in [0.2, 0.25) is 0 Å². The van der Waals surface area contributed by atoms with Gasteiger partial charge in [0, 0.05) is 10.9 Å². The molecule has 0 spiro atoms. The molecule has 2 aromatic carbocycles. The number of hydrogen-bond donors (Lipinski definition) is 1. The standard InChI is InChI=1S/C17H16N2OS/c1-12-6-8-13(9-7-12)17-19-14(11-21-17)10-20-16-5-3-2-4-15(16)18/h2-9,11H,10,18H2,1H3. The number of nitrogens with two attached hydrogens (primary N) is 1. The molecular weight excluding hydrogens is 280 g/mol. The highest BCUT2D eigenvalue weighted by Crippen LogP contribution is 2.25. The average molecular weight is 296 g/mol. The summed E-state index contributed by atoms with van der Waals surface area (Å²) in [6.45, 7) is 2.51. The van der Waals surface area contributed by atoms with Crippen molar-refractivity contribution in [1.29, 1.82) is 0 Å². The minimum Gasteiger partial charge on any atom is -0.485 e. The smallest absolute Gasteiger partial charge is 0.142 e. The number of ether oxygens (including phenoxy) is 1. The lowest BCUT2D eigenvalue weighted by Crippen LogP contribution is -1.98. The lowest BCUT2D eigenvalue weighted by molar-refractivity contribution is 0.304. The Labute approximate surface area is 128 Å². The first-order valence-electron chi connectivity index (χ1n) is 6.71. The molecule has 1 aromatic heterocycles. The van der Waals surface area contributed by atoms with Gasteiger partial charge in [-0.25, -0.2) is 4.98 Å². The lowest BCUT2D eigenvalue weighted by atomic mass is 10.2. The highest BCUT2D eigenvalue weighted by Gasteiger charge is 2.06. The molecule has 0 aliphatic heterocycles. The van der Waals surface area contributed by atoms with Crippen molar-refractivity contribution < 1.29 is 4.74 Å². The molecule has 0 saturated heterocycles. The molecule has 1 heterocycles. The summed E-state index contributed by atoms with van der Waals surface area (Å²) in [5, 5.41) is 3.03. The maximum atomic E-state index is 5.85. The zero-order valence-electron chi connectivity index (χ0n) is 11.7. The fourth-order valence-corrected chi connectivity index (χ4v) is 2.78. The third-order valence-electron chi connectivity index (χ3n) is 3.14. The zero-order chi connectivity index (χ0) is 14.7. The Kier molecular flexibility index (Phi) is 3.88. The summed E-state index contributed by atoms with van der Waals surface area (Å²) in [7, 11) is 0. The molecule has 4 heteroatoms. The van der Waals surface area contributed by atoms with Gasteiger partial charge in [-0.3, -0.25) is 0 Å². The average Bonchev–Trinajstić information content (AvgIpc) is 2.96. The van der Waals surface area contributed by atoms with Crippen LogP contribution in [0.5, 0.6) is 5.75 Å². The van der Waals surface area contributed by atoms with Gasteiger partial charge in [0.15, 0.2) is 0 Å². The quantitative estimate of drug-likeness (QED) is 0.731. The lowest BCUT2D eigenvalue weighted by Gasteiger charge is -2.06. The minimum absolute atomic E-state index is 0.427. The van der Waals surface area contributed by atoms with Crippen LogP contribution in [0.1, 0.15) is 11.3 Å². The van der Waals surface area contributed by atoms with Crippen molar-refractivity contribution in [2.24, 2.45) is 0 Å². The molecule has 0 aliphatic carbocycles. The van der Waals surface area contributed by atoms with Crippen LogP contribution in [0.4, 0.5) is 5.69 Å². The van der Waals surface area contributed by atoms with Crippen molar-refractivity contribution in [3.63, 3.8) is 0 Å². The highest BCUT2D eigenvalue weighted by molar-refractivity contribution is 7.13. The van der Waals surface area contributed by atoms with Gasteiger partial charge in [-0.1, -0.05) is 42.0 Å². The highest BCUT2D eigenvalue weighted by atomic mass is 32.1. The number of rotatable bonds is 4. The molecule has 2 N–H and O–H groups in total. The summed E-state index contributed by atoms with van der Waals surface area (Å²) in [6.07, 6.45) is 0. The SMILES string of the molecule is Cc1ccc(-c2nc(COc3ccccc3N)cs2)cc1. The summed E-state index contributed by atoms with van der Waals surface area (Å²) in [4.78, 5) is 4.61. The monoisotopic (exact) mass is 296 g/mol. The van der Waals surface area contributed by atoms with E-state index in [0.29, 0.717) is 18.0 Å². The first-order valence-corrected chi connectivity index (χ1v) is 7.59. The fraction of sp³-hybridized carbons (Fsp3) is 0.118. The number of benzene rings is 2. The number of thiazole rings is 1. The summed E-state index contributed by atoms with van der Waals surface area (Å²) >= 11 is 1.63. The molecule has 0 atom stereocenters. The van der Waals surface area contributed by atoms with Gasteiger partial charge in [-0.2, -0.15) is 0 Å².